The van der Waals surface area contributed by atoms with Crippen LogP contribution in [0.5, 0.6) is 0 Å². The quantitative estimate of drug-likeness (QED) is 0.888. The fraction of sp³-hybridized carbons (Fsp3) is 0.600. The molecule has 0 spiro atoms. The van der Waals surface area contributed by atoms with Gasteiger partial charge in [0.15, 0.2) is 0 Å². The van der Waals surface area contributed by atoms with E-state index in [2.05, 4.69) is 35.6 Å². The van der Waals surface area contributed by atoms with E-state index in [9.17, 15) is 0 Å². The van der Waals surface area contributed by atoms with Gasteiger partial charge in [0, 0.05) is 17.5 Å². The molecule has 1 unspecified atom stereocenters. The molecule has 20 heavy (non-hydrogen) atoms. The first-order valence-corrected chi connectivity index (χ1v) is 8.20. The Morgan fingerprint density at radius 1 is 1.45 bits per heavy atom. The van der Waals surface area contributed by atoms with Crippen molar-refractivity contribution in [1.29, 1.82) is 0 Å². The smallest absolute Gasteiger partial charge is 0.116 e. The van der Waals surface area contributed by atoms with Gasteiger partial charge in [-0.05, 0) is 33.1 Å². The maximum atomic E-state index is 4.76. The number of rotatable bonds is 6. The molecule has 0 saturated heterocycles. The van der Waals surface area contributed by atoms with E-state index < -0.39 is 0 Å². The number of nitrogens with one attached hydrogen (secondary N) is 1. The molecule has 5 heteroatoms. The molecule has 1 aliphatic rings. The molecule has 0 aromatic carbocycles. The van der Waals surface area contributed by atoms with Crippen LogP contribution in [0, 0.1) is 13.8 Å². The van der Waals surface area contributed by atoms with Crippen molar-refractivity contribution < 1.29 is 0 Å². The van der Waals surface area contributed by atoms with Crippen LogP contribution in [0.3, 0.4) is 0 Å². The Labute approximate surface area is 124 Å². The highest BCUT2D eigenvalue weighted by molar-refractivity contribution is 7.11. The minimum Gasteiger partial charge on any atom is -0.333 e. The average molecular weight is 290 g/mol. The fourth-order valence-electron chi connectivity index (χ4n) is 2.39. The summed E-state index contributed by atoms with van der Waals surface area (Å²) in [5.74, 6) is 0. The Morgan fingerprint density at radius 2 is 2.25 bits per heavy atom. The number of hydrogen-bond donors (Lipinski definition) is 1. The highest BCUT2D eigenvalue weighted by atomic mass is 32.1. The van der Waals surface area contributed by atoms with E-state index in [4.69, 9.17) is 4.98 Å². The lowest BCUT2D eigenvalue weighted by atomic mass is 10.2. The van der Waals surface area contributed by atoms with Crippen LogP contribution in [0.15, 0.2) is 12.5 Å². The van der Waals surface area contributed by atoms with Gasteiger partial charge < -0.3 is 9.88 Å². The number of aromatic nitrogens is 3. The molecule has 4 nitrogen and oxygen atoms in total. The summed E-state index contributed by atoms with van der Waals surface area (Å²) in [5.41, 5.74) is 2.39. The van der Waals surface area contributed by atoms with E-state index in [1.165, 1.54) is 28.4 Å². The van der Waals surface area contributed by atoms with Gasteiger partial charge in [-0.1, -0.05) is 6.92 Å². The third-order valence-corrected chi connectivity index (χ3v) is 4.91. The molecule has 1 aliphatic carbocycles. The van der Waals surface area contributed by atoms with Crippen molar-refractivity contribution in [1.82, 2.24) is 19.9 Å². The SMILES string of the molecule is CCCn1cncc1C(NC1CC1)c1nc(C)c(C)s1. The van der Waals surface area contributed by atoms with Gasteiger partial charge in [-0.15, -0.1) is 11.3 Å². The summed E-state index contributed by atoms with van der Waals surface area (Å²) in [7, 11) is 0. The van der Waals surface area contributed by atoms with E-state index >= 15 is 0 Å². The number of nitrogens with zero attached hydrogens (tertiary/aromatic N) is 3. The second-order valence-corrected chi connectivity index (χ2v) is 6.81. The summed E-state index contributed by atoms with van der Waals surface area (Å²) in [6.45, 7) is 7.45. The molecule has 0 bridgehead atoms. The van der Waals surface area contributed by atoms with Crippen LogP contribution in [-0.2, 0) is 6.54 Å². The molecule has 2 aromatic heterocycles. The Balaban J connectivity index is 1.94. The molecular formula is C15H22N4S. The summed E-state index contributed by atoms with van der Waals surface area (Å²) < 4.78 is 2.26. The van der Waals surface area contributed by atoms with E-state index in [-0.39, 0.29) is 6.04 Å². The fourth-order valence-corrected chi connectivity index (χ4v) is 3.39. The van der Waals surface area contributed by atoms with Gasteiger partial charge in [0.2, 0.25) is 0 Å². The molecule has 1 atom stereocenters. The lowest BCUT2D eigenvalue weighted by molar-refractivity contribution is 0.540. The molecule has 1 saturated carbocycles. The van der Waals surface area contributed by atoms with E-state index in [0.717, 1.165) is 18.7 Å². The van der Waals surface area contributed by atoms with Crippen molar-refractivity contribution in [2.75, 3.05) is 0 Å². The third kappa shape index (κ3) is 2.79. The van der Waals surface area contributed by atoms with Gasteiger partial charge in [-0.3, -0.25) is 0 Å². The second-order valence-electron chi connectivity index (χ2n) is 5.58. The zero-order valence-electron chi connectivity index (χ0n) is 12.4. The number of imidazole rings is 1. The van der Waals surface area contributed by atoms with Gasteiger partial charge in [0.25, 0.3) is 0 Å². The lowest BCUT2D eigenvalue weighted by Gasteiger charge is -2.18. The van der Waals surface area contributed by atoms with Crippen LogP contribution >= 0.6 is 11.3 Å². The molecule has 0 radical (unpaired) electrons. The van der Waals surface area contributed by atoms with Crippen molar-refractivity contribution in [2.24, 2.45) is 0 Å². The zero-order chi connectivity index (χ0) is 14.1. The Hall–Kier alpha value is -1.20. The molecule has 0 aliphatic heterocycles. The third-order valence-electron chi connectivity index (χ3n) is 3.78. The highest BCUT2D eigenvalue weighted by Gasteiger charge is 2.29. The Kier molecular flexibility index (Phi) is 3.89. The van der Waals surface area contributed by atoms with E-state index in [1.54, 1.807) is 11.3 Å². The normalized spacial score (nSPS) is 16.6. The number of hydrogen-bond acceptors (Lipinski definition) is 4. The molecular weight excluding hydrogens is 268 g/mol. The standard InChI is InChI=1S/C15H22N4S/c1-4-7-19-9-16-8-13(19)14(18-12-5-6-12)15-17-10(2)11(3)20-15/h8-9,12,14,18H,4-7H2,1-3H3. The van der Waals surface area contributed by atoms with Gasteiger partial charge in [0.1, 0.15) is 11.0 Å². The predicted molar refractivity (Wildman–Crippen MR) is 82.1 cm³/mol. The average Bonchev–Trinajstić information content (AvgIpc) is 3.03. The minimum absolute atomic E-state index is 0.189. The molecule has 2 heterocycles. The molecule has 108 valence electrons. The predicted octanol–water partition coefficient (Wildman–Crippen LogP) is 3.21. The summed E-state index contributed by atoms with van der Waals surface area (Å²) in [4.78, 5) is 10.4. The first-order valence-electron chi connectivity index (χ1n) is 7.39. The summed E-state index contributed by atoms with van der Waals surface area (Å²) in [6, 6.07) is 0.837. The maximum Gasteiger partial charge on any atom is 0.116 e. The summed E-state index contributed by atoms with van der Waals surface area (Å²) >= 11 is 1.80. The minimum atomic E-state index is 0.189. The van der Waals surface area contributed by atoms with E-state index in [1.807, 2.05) is 12.5 Å². The van der Waals surface area contributed by atoms with Crippen LogP contribution in [0.2, 0.25) is 0 Å². The maximum absolute atomic E-state index is 4.76. The van der Waals surface area contributed by atoms with Crippen LogP contribution in [0.4, 0.5) is 0 Å². The van der Waals surface area contributed by atoms with Crippen LogP contribution in [-0.4, -0.2) is 20.6 Å². The summed E-state index contributed by atoms with van der Waals surface area (Å²) in [5, 5.41) is 4.91. The van der Waals surface area contributed by atoms with E-state index in [0.29, 0.717) is 6.04 Å². The second kappa shape index (κ2) is 5.66. The van der Waals surface area contributed by atoms with Crippen molar-refractivity contribution >= 4 is 11.3 Å². The molecule has 1 N–H and O–H groups in total. The van der Waals surface area contributed by atoms with Gasteiger partial charge in [0.05, 0.1) is 23.9 Å². The van der Waals surface area contributed by atoms with Crippen molar-refractivity contribution in [3.63, 3.8) is 0 Å². The van der Waals surface area contributed by atoms with Crippen LogP contribution < -0.4 is 5.32 Å². The zero-order valence-corrected chi connectivity index (χ0v) is 13.2. The van der Waals surface area contributed by atoms with Crippen molar-refractivity contribution in [2.45, 2.75) is 58.7 Å². The van der Waals surface area contributed by atoms with Crippen LogP contribution in [0.1, 0.15) is 53.5 Å². The first kappa shape index (κ1) is 13.8. The van der Waals surface area contributed by atoms with Crippen LogP contribution in [0.25, 0.3) is 0 Å². The van der Waals surface area contributed by atoms with Crippen molar-refractivity contribution in [3.8, 4) is 0 Å². The van der Waals surface area contributed by atoms with Gasteiger partial charge >= 0.3 is 0 Å². The Bertz CT molecular complexity index is 563. The molecule has 3 rings (SSSR count). The highest BCUT2D eigenvalue weighted by Crippen LogP contribution is 2.32. The topological polar surface area (TPSA) is 42.7 Å². The first-order chi connectivity index (χ1) is 9.69. The number of aryl methyl sites for hydroxylation is 3. The number of thiazole rings is 1. The van der Waals surface area contributed by atoms with Gasteiger partial charge in [-0.2, -0.15) is 0 Å². The van der Waals surface area contributed by atoms with Gasteiger partial charge in [-0.25, -0.2) is 9.97 Å². The monoisotopic (exact) mass is 290 g/mol. The summed E-state index contributed by atoms with van der Waals surface area (Å²) in [6.07, 6.45) is 7.61. The molecule has 1 fully saturated rings. The van der Waals surface area contributed by atoms with Crippen molar-refractivity contribution in [3.05, 3.63) is 33.8 Å². The molecule has 2 aromatic rings. The largest absolute Gasteiger partial charge is 0.333 e. The lowest BCUT2D eigenvalue weighted by Crippen LogP contribution is -2.26. The molecule has 0 amide bonds. The Morgan fingerprint density at radius 3 is 2.85 bits per heavy atom.